The van der Waals surface area contributed by atoms with Crippen LogP contribution in [-0.4, -0.2) is 65.0 Å². The van der Waals surface area contributed by atoms with E-state index in [0.717, 1.165) is 44.2 Å². The van der Waals surface area contributed by atoms with Crippen molar-refractivity contribution >= 4 is 29.2 Å². The first-order valence-electron chi connectivity index (χ1n) is 15.9. The van der Waals surface area contributed by atoms with Crippen molar-refractivity contribution in [3.05, 3.63) is 40.7 Å². The highest BCUT2D eigenvalue weighted by molar-refractivity contribution is 6.08. The number of aromatic nitrogens is 2. The molecule has 44 heavy (non-hydrogen) atoms. The molecule has 0 unspecified atom stereocenters. The van der Waals surface area contributed by atoms with Crippen LogP contribution in [0, 0.1) is 0 Å². The van der Waals surface area contributed by atoms with Gasteiger partial charge in [0.05, 0.1) is 16.9 Å². The second kappa shape index (κ2) is 12.2. The van der Waals surface area contributed by atoms with Gasteiger partial charge in [-0.2, -0.15) is 0 Å². The number of carboxylic acids is 1. The molecule has 4 fully saturated rings. The normalized spacial score (nSPS) is 22.4. The summed E-state index contributed by atoms with van der Waals surface area (Å²) in [7, 11) is 0. The van der Waals surface area contributed by atoms with E-state index in [1.165, 1.54) is 6.07 Å². The van der Waals surface area contributed by atoms with Crippen molar-refractivity contribution in [3.63, 3.8) is 0 Å². The van der Waals surface area contributed by atoms with E-state index in [9.17, 15) is 32.3 Å². The van der Waals surface area contributed by atoms with Crippen LogP contribution >= 0.6 is 0 Å². The van der Waals surface area contributed by atoms with Crippen LogP contribution in [0.4, 0.5) is 34.9 Å². The van der Waals surface area contributed by atoms with Gasteiger partial charge in [-0.25, -0.2) is 32.3 Å². The Morgan fingerprint density at radius 3 is 1.84 bits per heavy atom. The molecule has 0 atom stereocenters. The molecule has 0 aromatic carbocycles. The first-order chi connectivity index (χ1) is 21.0. The zero-order valence-electron chi connectivity index (χ0n) is 24.8. The zero-order valence-corrected chi connectivity index (χ0v) is 24.8. The fraction of sp³-hybridized carbons (Fsp3) is 0.625. The highest BCUT2D eigenvalue weighted by atomic mass is 19.3. The van der Waals surface area contributed by atoms with Crippen LogP contribution < -0.4 is 15.1 Å². The topological polar surface area (TPSA) is 98.7 Å². The van der Waals surface area contributed by atoms with E-state index in [4.69, 9.17) is 9.97 Å². The summed E-state index contributed by atoms with van der Waals surface area (Å²) in [6, 6.07) is 4.90. The van der Waals surface area contributed by atoms with Crippen molar-refractivity contribution in [1.82, 2.24) is 9.97 Å². The maximum atomic E-state index is 14.2. The van der Waals surface area contributed by atoms with Crippen LogP contribution in [0.2, 0.25) is 0 Å². The maximum Gasteiger partial charge on any atom is 0.339 e. The van der Waals surface area contributed by atoms with Crippen LogP contribution in [0.3, 0.4) is 0 Å². The average Bonchev–Trinajstić information content (AvgIpc) is 3.20. The number of rotatable bonds is 7. The summed E-state index contributed by atoms with van der Waals surface area (Å²) in [5.41, 5.74) is 1.71. The third-order valence-electron chi connectivity index (χ3n) is 9.70. The number of amides is 1. The standard InChI is InChI=1S/C32H39F4N5O3/c33-31(34)11-3-15-40(17-13-31)27-22(9-10-24(37-27)20-5-1-6-20)29(42)38-25-19-23(30(43)44)28(39-26(25)21-7-2-8-21)41-16-4-12-32(35,36)14-18-41/h9-10,19-21H,1-8,11-18H2,(H,38,42)(H,43,44). The quantitative estimate of drug-likeness (QED) is 0.317. The molecule has 1 amide bonds. The summed E-state index contributed by atoms with van der Waals surface area (Å²) in [4.78, 5) is 39.3. The van der Waals surface area contributed by atoms with Crippen LogP contribution in [0.5, 0.6) is 0 Å². The van der Waals surface area contributed by atoms with E-state index in [0.29, 0.717) is 18.1 Å². The molecular formula is C32H39F4N5O3. The second-order valence-corrected chi connectivity index (χ2v) is 12.8. The Morgan fingerprint density at radius 2 is 1.32 bits per heavy atom. The van der Waals surface area contributed by atoms with Gasteiger partial charge in [0.1, 0.15) is 17.2 Å². The number of hydrogen-bond acceptors (Lipinski definition) is 6. The first kappa shape index (κ1) is 30.6. The number of nitrogens with zero attached hydrogens (tertiary/aromatic N) is 4. The Balaban J connectivity index is 1.34. The predicted octanol–water partition coefficient (Wildman–Crippen LogP) is 7.21. The van der Waals surface area contributed by atoms with Gasteiger partial charge in [0.25, 0.3) is 5.91 Å². The molecule has 238 valence electrons. The molecule has 2 aromatic heterocycles. The fourth-order valence-electron chi connectivity index (χ4n) is 6.56. The molecule has 2 saturated heterocycles. The van der Waals surface area contributed by atoms with Crippen molar-refractivity contribution in [1.29, 1.82) is 0 Å². The first-order valence-corrected chi connectivity index (χ1v) is 15.9. The number of alkyl halides is 4. The molecule has 8 nitrogen and oxygen atoms in total. The highest BCUT2D eigenvalue weighted by Gasteiger charge is 2.36. The predicted molar refractivity (Wildman–Crippen MR) is 159 cm³/mol. The second-order valence-electron chi connectivity index (χ2n) is 12.8. The monoisotopic (exact) mass is 617 g/mol. The molecule has 4 heterocycles. The molecule has 0 spiro atoms. The third kappa shape index (κ3) is 6.49. The van der Waals surface area contributed by atoms with Crippen LogP contribution in [0.15, 0.2) is 18.2 Å². The van der Waals surface area contributed by atoms with E-state index < -0.39 is 23.7 Å². The van der Waals surface area contributed by atoms with Crippen molar-refractivity contribution in [2.75, 3.05) is 41.3 Å². The summed E-state index contributed by atoms with van der Waals surface area (Å²) in [5.74, 6) is -6.60. The lowest BCUT2D eigenvalue weighted by Crippen LogP contribution is -2.31. The zero-order chi connectivity index (χ0) is 31.1. The van der Waals surface area contributed by atoms with Crippen molar-refractivity contribution in [2.45, 2.75) is 101 Å². The minimum atomic E-state index is -2.81. The van der Waals surface area contributed by atoms with Gasteiger partial charge in [0.15, 0.2) is 0 Å². The van der Waals surface area contributed by atoms with Crippen LogP contribution in [-0.2, 0) is 0 Å². The van der Waals surface area contributed by atoms with E-state index in [1.807, 2.05) is 6.07 Å². The van der Waals surface area contributed by atoms with Gasteiger partial charge in [-0.3, -0.25) is 4.79 Å². The van der Waals surface area contributed by atoms with Gasteiger partial charge in [-0.05, 0) is 56.7 Å². The summed E-state index contributed by atoms with van der Waals surface area (Å²) < 4.78 is 56.7. The Bertz CT molecular complexity index is 1410. The molecule has 2 aliphatic heterocycles. The molecule has 0 bridgehead atoms. The lowest BCUT2D eigenvalue weighted by atomic mass is 9.81. The molecule has 12 heteroatoms. The molecule has 6 rings (SSSR count). The molecule has 2 aliphatic carbocycles. The molecule has 2 N–H and O–H groups in total. The summed E-state index contributed by atoms with van der Waals surface area (Å²) in [6.45, 7) is 0.651. The van der Waals surface area contributed by atoms with Crippen LogP contribution in [0.25, 0.3) is 0 Å². The summed E-state index contributed by atoms with van der Waals surface area (Å²) >= 11 is 0. The van der Waals surface area contributed by atoms with Crippen molar-refractivity contribution < 1.29 is 32.3 Å². The number of carbonyl (C=O) groups is 2. The SMILES string of the molecule is O=C(O)c1cc(NC(=O)c2ccc(C3CCC3)nc2N2CCCC(F)(F)CC2)c(C2CCC2)nc1N1CCCC(F)(F)CC1. The molecule has 2 aromatic rings. The van der Waals surface area contributed by atoms with E-state index in [1.54, 1.807) is 15.9 Å². The number of anilines is 3. The number of nitrogens with one attached hydrogen (secondary N) is 1. The lowest BCUT2D eigenvalue weighted by Gasteiger charge is -2.31. The number of pyridine rings is 2. The smallest absolute Gasteiger partial charge is 0.339 e. The molecular weight excluding hydrogens is 578 g/mol. The van der Waals surface area contributed by atoms with Gasteiger partial charge in [0, 0.05) is 69.4 Å². The number of carboxylic acid groups (broad SMARTS) is 1. The number of halogens is 4. The van der Waals surface area contributed by atoms with Gasteiger partial charge < -0.3 is 20.2 Å². The molecule has 4 aliphatic rings. The van der Waals surface area contributed by atoms with Gasteiger partial charge >= 0.3 is 5.97 Å². The largest absolute Gasteiger partial charge is 0.478 e. The minimum Gasteiger partial charge on any atom is -0.478 e. The maximum absolute atomic E-state index is 14.2. The summed E-state index contributed by atoms with van der Waals surface area (Å²) in [5, 5.41) is 13.0. The van der Waals surface area contributed by atoms with Crippen molar-refractivity contribution in [2.24, 2.45) is 0 Å². The summed E-state index contributed by atoms with van der Waals surface area (Å²) in [6.07, 6.45) is 4.94. The van der Waals surface area contributed by atoms with Gasteiger partial charge in [-0.1, -0.05) is 12.8 Å². The number of aromatic carboxylic acids is 1. The Morgan fingerprint density at radius 1 is 0.750 bits per heavy atom. The number of hydrogen-bond donors (Lipinski definition) is 2. The molecule has 0 radical (unpaired) electrons. The van der Waals surface area contributed by atoms with E-state index in [-0.39, 0.29) is 92.6 Å². The van der Waals surface area contributed by atoms with Crippen LogP contribution in [0.1, 0.15) is 121 Å². The molecule has 2 saturated carbocycles. The average molecular weight is 618 g/mol. The Hall–Kier alpha value is -3.44. The van der Waals surface area contributed by atoms with Gasteiger partial charge in [-0.15, -0.1) is 0 Å². The number of carbonyl (C=O) groups excluding carboxylic acids is 1. The highest BCUT2D eigenvalue weighted by Crippen LogP contribution is 2.42. The van der Waals surface area contributed by atoms with E-state index in [2.05, 4.69) is 5.32 Å². The Kier molecular flexibility index (Phi) is 8.45. The lowest BCUT2D eigenvalue weighted by molar-refractivity contribution is -0.0109. The van der Waals surface area contributed by atoms with Crippen molar-refractivity contribution in [3.8, 4) is 0 Å². The van der Waals surface area contributed by atoms with E-state index >= 15 is 0 Å². The minimum absolute atomic E-state index is 0.00765. The third-order valence-corrected chi connectivity index (χ3v) is 9.70. The van der Waals surface area contributed by atoms with Gasteiger partial charge in [0.2, 0.25) is 11.8 Å². The fourth-order valence-corrected chi connectivity index (χ4v) is 6.56. The Labute approximate surface area is 254 Å².